The summed E-state index contributed by atoms with van der Waals surface area (Å²) in [5.74, 6) is 0. The molecule has 0 aromatic carbocycles. The van der Waals surface area contributed by atoms with E-state index >= 15 is 0 Å². The maximum Gasteiger partial charge on any atom is 0.374 e. The molecule has 0 spiro atoms. The van der Waals surface area contributed by atoms with Crippen molar-refractivity contribution < 1.29 is 29.3 Å². The first-order valence-electron chi connectivity index (χ1n) is 3.60. The summed E-state index contributed by atoms with van der Waals surface area (Å²) >= 11 is 0. The first kappa shape index (κ1) is 13.0. The Balaban J connectivity index is 0.00000144. The summed E-state index contributed by atoms with van der Waals surface area (Å²) in [6.45, 7) is 14.6. The Morgan fingerprint density at radius 3 is 1.08 bits per heavy atom. The van der Waals surface area contributed by atoms with E-state index < -0.39 is 17.1 Å². The van der Waals surface area contributed by atoms with Gasteiger partial charge < -0.3 is 8.23 Å². The first-order valence-corrected chi connectivity index (χ1v) is 7.55. The van der Waals surface area contributed by atoms with Gasteiger partial charge in [0.2, 0.25) is 0 Å². The SMILES string of the molecule is C=C[Si]1(C=C)O[Si](C=C)(C=C)O1.[Pt]. The van der Waals surface area contributed by atoms with Gasteiger partial charge in [0, 0.05) is 21.1 Å². The van der Waals surface area contributed by atoms with E-state index in [-0.39, 0.29) is 21.1 Å². The van der Waals surface area contributed by atoms with Crippen LogP contribution >= 0.6 is 0 Å². The van der Waals surface area contributed by atoms with Crippen molar-refractivity contribution in [3.8, 4) is 0 Å². The maximum absolute atomic E-state index is 5.69. The minimum absolute atomic E-state index is 0. The molecule has 0 amide bonds. The molecule has 0 N–H and O–H groups in total. The van der Waals surface area contributed by atoms with Gasteiger partial charge >= 0.3 is 17.1 Å². The van der Waals surface area contributed by atoms with E-state index in [0.717, 1.165) is 0 Å². The summed E-state index contributed by atoms with van der Waals surface area (Å²) in [6.07, 6.45) is 0. The minimum Gasteiger partial charge on any atom is -0.403 e. The molecule has 74 valence electrons. The summed E-state index contributed by atoms with van der Waals surface area (Å²) in [5.41, 5.74) is 6.83. The molecule has 1 saturated heterocycles. The predicted octanol–water partition coefficient (Wildman–Crippen LogP) is 1.82. The molecule has 0 bridgehead atoms. The van der Waals surface area contributed by atoms with Crippen LogP contribution in [0.1, 0.15) is 0 Å². The molecule has 0 aromatic heterocycles. The van der Waals surface area contributed by atoms with Gasteiger partial charge in [0.1, 0.15) is 0 Å². The second-order valence-electron chi connectivity index (χ2n) is 2.46. The minimum atomic E-state index is -2.22. The van der Waals surface area contributed by atoms with Crippen molar-refractivity contribution in [3.63, 3.8) is 0 Å². The summed E-state index contributed by atoms with van der Waals surface area (Å²) in [6, 6.07) is 0. The third-order valence-corrected chi connectivity index (χ3v) is 9.16. The van der Waals surface area contributed by atoms with Crippen molar-refractivity contribution >= 4 is 17.1 Å². The quantitative estimate of drug-likeness (QED) is 0.681. The molecule has 1 aliphatic heterocycles. The summed E-state index contributed by atoms with van der Waals surface area (Å²) < 4.78 is 11.4. The number of rotatable bonds is 4. The molecule has 1 rings (SSSR count). The second-order valence-corrected chi connectivity index (χ2v) is 8.62. The van der Waals surface area contributed by atoms with Gasteiger partial charge in [0.05, 0.1) is 0 Å². The standard InChI is InChI=1S/C8H12O2Si2.Pt/c1-5-11(6-2)9-12(7-3,8-4)10-11;/h5-8H,1-4H2;. The molecule has 13 heavy (non-hydrogen) atoms. The van der Waals surface area contributed by atoms with E-state index in [1.807, 2.05) is 0 Å². The Morgan fingerprint density at radius 1 is 0.692 bits per heavy atom. The van der Waals surface area contributed by atoms with Crippen molar-refractivity contribution in [2.75, 3.05) is 0 Å². The molecule has 0 unspecified atom stereocenters. The van der Waals surface area contributed by atoms with E-state index in [0.29, 0.717) is 0 Å². The van der Waals surface area contributed by atoms with Crippen LogP contribution in [0.5, 0.6) is 0 Å². The van der Waals surface area contributed by atoms with Crippen LogP contribution in [0.2, 0.25) is 0 Å². The molecule has 0 aromatic rings. The van der Waals surface area contributed by atoms with Gasteiger partial charge in [-0.05, 0) is 22.8 Å². The fourth-order valence-electron chi connectivity index (χ4n) is 1.01. The fraction of sp³-hybridized carbons (Fsp3) is 0. The van der Waals surface area contributed by atoms with Crippen LogP contribution in [0.4, 0.5) is 0 Å². The maximum atomic E-state index is 5.69. The van der Waals surface area contributed by atoms with Crippen molar-refractivity contribution in [1.82, 2.24) is 0 Å². The van der Waals surface area contributed by atoms with E-state index in [1.54, 1.807) is 22.8 Å². The van der Waals surface area contributed by atoms with Crippen LogP contribution in [0, 0.1) is 0 Å². The molecular formula is C8H12O2PtSi2. The van der Waals surface area contributed by atoms with Crippen LogP contribution in [0.15, 0.2) is 49.1 Å². The van der Waals surface area contributed by atoms with Crippen LogP contribution in [0.3, 0.4) is 0 Å². The summed E-state index contributed by atoms with van der Waals surface area (Å²) in [5, 5.41) is 0. The van der Waals surface area contributed by atoms with Crippen molar-refractivity contribution in [2.45, 2.75) is 0 Å². The summed E-state index contributed by atoms with van der Waals surface area (Å²) in [4.78, 5) is 0. The Bertz CT molecular complexity index is 203. The average molecular weight is 391 g/mol. The monoisotopic (exact) mass is 391 g/mol. The fourth-order valence-corrected chi connectivity index (χ4v) is 8.06. The van der Waals surface area contributed by atoms with Crippen molar-refractivity contribution in [2.24, 2.45) is 0 Å². The second kappa shape index (κ2) is 4.48. The van der Waals surface area contributed by atoms with Gasteiger partial charge in [0.25, 0.3) is 0 Å². The molecule has 2 nitrogen and oxygen atoms in total. The third kappa shape index (κ3) is 2.08. The predicted molar refractivity (Wildman–Crippen MR) is 54.5 cm³/mol. The molecule has 0 atom stereocenters. The first-order chi connectivity index (χ1) is 5.66. The Morgan fingerprint density at radius 2 is 0.923 bits per heavy atom. The molecule has 0 saturated carbocycles. The van der Waals surface area contributed by atoms with Gasteiger partial charge in [-0.1, -0.05) is 0 Å². The largest absolute Gasteiger partial charge is 0.403 e. The van der Waals surface area contributed by atoms with Crippen LogP contribution < -0.4 is 0 Å². The van der Waals surface area contributed by atoms with Crippen molar-refractivity contribution in [3.05, 3.63) is 49.1 Å². The van der Waals surface area contributed by atoms with E-state index in [1.165, 1.54) is 0 Å². The summed E-state index contributed by atoms with van der Waals surface area (Å²) in [7, 11) is -4.44. The molecule has 1 aliphatic rings. The molecule has 0 radical (unpaired) electrons. The number of hydrogen-bond donors (Lipinski definition) is 0. The van der Waals surface area contributed by atoms with Gasteiger partial charge in [-0.15, -0.1) is 26.3 Å². The normalized spacial score (nSPS) is 21.5. The van der Waals surface area contributed by atoms with E-state index in [2.05, 4.69) is 26.3 Å². The number of hydrogen-bond acceptors (Lipinski definition) is 2. The molecule has 1 fully saturated rings. The zero-order valence-corrected chi connectivity index (χ0v) is 11.5. The Kier molecular flexibility index (Phi) is 4.48. The molecule has 5 heteroatoms. The molecule has 0 aliphatic carbocycles. The van der Waals surface area contributed by atoms with Gasteiger partial charge in [-0.2, -0.15) is 0 Å². The Labute approximate surface area is 95.4 Å². The van der Waals surface area contributed by atoms with Gasteiger partial charge in [-0.25, -0.2) is 0 Å². The average Bonchev–Trinajstić information content (AvgIpc) is 2.07. The van der Waals surface area contributed by atoms with E-state index in [4.69, 9.17) is 8.23 Å². The van der Waals surface area contributed by atoms with Crippen molar-refractivity contribution in [1.29, 1.82) is 0 Å². The van der Waals surface area contributed by atoms with Crippen LogP contribution in [0.25, 0.3) is 0 Å². The van der Waals surface area contributed by atoms with E-state index in [9.17, 15) is 0 Å². The van der Waals surface area contributed by atoms with Gasteiger partial charge in [0.15, 0.2) is 0 Å². The zero-order valence-electron chi connectivity index (χ0n) is 7.27. The Hall–Kier alpha value is 0.00208. The van der Waals surface area contributed by atoms with Crippen LogP contribution in [-0.2, 0) is 29.3 Å². The molecular weight excluding hydrogens is 379 g/mol. The smallest absolute Gasteiger partial charge is 0.374 e. The van der Waals surface area contributed by atoms with Gasteiger partial charge in [-0.3, -0.25) is 0 Å². The third-order valence-electron chi connectivity index (χ3n) is 1.78. The zero-order chi connectivity index (χ0) is 9.24. The topological polar surface area (TPSA) is 18.5 Å². The molecule has 1 heterocycles. The van der Waals surface area contributed by atoms with Crippen LogP contribution in [-0.4, -0.2) is 17.1 Å².